The summed E-state index contributed by atoms with van der Waals surface area (Å²) in [5.41, 5.74) is 14.7. The van der Waals surface area contributed by atoms with Crippen LogP contribution in [0.2, 0.25) is 0 Å². The number of nitrogens with zero attached hydrogens (tertiary/aromatic N) is 1. The van der Waals surface area contributed by atoms with Gasteiger partial charge < -0.3 is 15.9 Å². The quantitative estimate of drug-likeness (QED) is 0.721. The monoisotopic (exact) mass is 203 g/mol. The van der Waals surface area contributed by atoms with Gasteiger partial charge in [0.25, 0.3) is 0 Å². The van der Waals surface area contributed by atoms with Crippen LogP contribution >= 0.6 is 0 Å². The number of furan rings is 1. The van der Waals surface area contributed by atoms with Crippen LogP contribution in [-0.2, 0) is 0 Å². The summed E-state index contributed by atoms with van der Waals surface area (Å²) in [4.78, 5) is 4.24. The van der Waals surface area contributed by atoms with Gasteiger partial charge in [0.2, 0.25) is 0 Å². The molecular formula is C11H13N3O. The van der Waals surface area contributed by atoms with E-state index in [-0.39, 0.29) is 6.04 Å². The Labute approximate surface area is 88.0 Å². The van der Waals surface area contributed by atoms with Crippen LogP contribution in [0.1, 0.15) is 12.5 Å². The average Bonchev–Trinajstić information content (AvgIpc) is 2.69. The zero-order valence-corrected chi connectivity index (χ0v) is 8.47. The fraction of sp³-hybridized carbons (Fsp3) is 0.182. The molecule has 1 unspecified atom stereocenters. The molecule has 15 heavy (non-hydrogen) atoms. The van der Waals surface area contributed by atoms with Crippen molar-refractivity contribution >= 4 is 11.9 Å². The van der Waals surface area contributed by atoms with E-state index in [0.717, 1.165) is 11.1 Å². The highest BCUT2D eigenvalue weighted by molar-refractivity contribution is 5.95. The van der Waals surface area contributed by atoms with Gasteiger partial charge in [-0.1, -0.05) is 0 Å². The SMILES string of the molecule is CC1C=C(N)C(=C(N)c2ccoc2)C=N1. The zero-order chi connectivity index (χ0) is 10.8. The highest BCUT2D eigenvalue weighted by Crippen LogP contribution is 2.19. The Morgan fingerprint density at radius 2 is 2.33 bits per heavy atom. The van der Waals surface area contributed by atoms with Gasteiger partial charge >= 0.3 is 0 Å². The first-order valence-corrected chi connectivity index (χ1v) is 4.71. The molecule has 0 bridgehead atoms. The summed E-state index contributed by atoms with van der Waals surface area (Å²) in [5, 5.41) is 0. The molecule has 2 rings (SSSR count). The van der Waals surface area contributed by atoms with Gasteiger partial charge in [-0.25, -0.2) is 0 Å². The summed E-state index contributed by atoms with van der Waals surface area (Å²) in [6.07, 6.45) is 6.75. The molecule has 78 valence electrons. The van der Waals surface area contributed by atoms with Crippen LogP contribution < -0.4 is 11.5 Å². The second-order valence-corrected chi connectivity index (χ2v) is 3.48. The second-order valence-electron chi connectivity index (χ2n) is 3.48. The fourth-order valence-electron chi connectivity index (χ4n) is 1.46. The molecule has 0 saturated carbocycles. The molecule has 1 aromatic rings. The number of rotatable bonds is 1. The first kappa shape index (κ1) is 9.58. The Morgan fingerprint density at radius 1 is 1.53 bits per heavy atom. The van der Waals surface area contributed by atoms with Crippen LogP contribution in [0.25, 0.3) is 5.70 Å². The molecule has 2 heterocycles. The van der Waals surface area contributed by atoms with Crippen molar-refractivity contribution in [2.75, 3.05) is 0 Å². The molecule has 4 N–H and O–H groups in total. The van der Waals surface area contributed by atoms with E-state index in [9.17, 15) is 0 Å². The van der Waals surface area contributed by atoms with Crippen LogP contribution in [0.4, 0.5) is 0 Å². The minimum absolute atomic E-state index is 0.117. The maximum absolute atomic E-state index is 5.96. The van der Waals surface area contributed by atoms with Crippen molar-refractivity contribution in [3.8, 4) is 0 Å². The van der Waals surface area contributed by atoms with Crippen LogP contribution in [-0.4, -0.2) is 12.3 Å². The third-order valence-corrected chi connectivity index (χ3v) is 2.29. The molecule has 0 amide bonds. The lowest BCUT2D eigenvalue weighted by molar-refractivity contribution is 0.566. The van der Waals surface area contributed by atoms with E-state index >= 15 is 0 Å². The maximum Gasteiger partial charge on any atom is 0.0995 e. The van der Waals surface area contributed by atoms with E-state index in [1.165, 1.54) is 0 Å². The molecule has 0 spiro atoms. The lowest BCUT2D eigenvalue weighted by Gasteiger charge is -2.13. The molecule has 1 aliphatic heterocycles. The van der Waals surface area contributed by atoms with Crippen molar-refractivity contribution in [3.05, 3.63) is 41.5 Å². The predicted molar refractivity (Wildman–Crippen MR) is 60.0 cm³/mol. The topological polar surface area (TPSA) is 77.5 Å². The Balaban J connectivity index is 2.42. The van der Waals surface area contributed by atoms with Crippen molar-refractivity contribution in [1.29, 1.82) is 0 Å². The van der Waals surface area contributed by atoms with Gasteiger partial charge in [-0.3, -0.25) is 4.99 Å². The predicted octanol–water partition coefficient (Wildman–Crippen LogP) is 1.26. The van der Waals surface area contributed by atoms with E-state index < -0.39 is 0 Å². The van der Waals surface area contributed by atoms with E-state index in [1.807, 2.05) is 13.0 Å². The van der Waals surface area contributed by atoms with Gasteiger partial charge in [0.1, 0.15) is 0 Å². The van der Waals surface area contributed by atoms with Crippen LogP contribution in [0.3, 0.4) is 0 Å². The molecule has 1 aliphatic rings. The molecule has 0 fully saturated rings. The summed E-state index contributed by atoms with van der Waals surface area (Å²) in [6, 6.07) is 1.91. The molecule has 4 nitrogen and oxygen atoms in total. The molecule has 0 radical (unpaired) electrons. The summed E-state index contributed by atoms with van der Waals surface area (Å²) in [6.45, 7) is 1.97. The number of aliphatic imine (C=N–C) groups is 1. The van der Waals surface area contributed by atoms with E-state index in [2.05, 4.69) is 4.99 Å². The molecular weight excluding hydrogens is 190 g/mol. The fourth-order valence-corrected chi connectivity index (χ4v) is 1.46. The van der Waals surface area contributed by atoms with Gasteiger partial charge in [-0.05, 0) is 19.1 Å². The first-order valence-electron chi connectivity index (χ1n) is 4.71. The second kappa shape index (κ2) is 3.65. The highest BCUT2D eigenvalue weighted by atomic mass is 16.3. The number of allylic oxidation sites excluding steroid dienone is 1. The lowest BCUT2D eigenvalue weighted by Crippen LogP contribution is -2.16. The van der Waals surface area contributed by atoms with Gasteiger partial charge in [0.15, 0.2) is 0 Å². The van der Waals surface area contributed by atoms with Crippen molar-refractivity contribution in [1.82, 2.24) is 0 Å². The average molecular weight is 203 g/mol. The number of nitrogens with two attached hydrogens (primary N) is 2. The van der Waals surface area contributed by atoms with Gasteiger partial charge in [0.05, 0.1) is 24.3 Å². The normalized spacial score (nSPS) is 23.8. The molecule has 4 heteroatoms. The van der Waals surface area contributed by atoms with E-state index in [1.54, 1.807) is 24.8 Å². The smallest absolute Gasteiger partial charge is 0.0995 e. The maximum atomic E-state index is 5.96. The summed E-state index contributed by atoms with van der Waals surface area (Å²) in [5.74, 6) is 0. The number of hydrogen-bond donors (Lipinski definition) is 2. The molecule has 1 aromatic heterocycles. The van der Waals surface area contributed by atoms with Crippen LogP contribution in [0, 0.1) is 0 Å². The molecule has 0 aromatic carbocycles. The summed E-state index contributed by atoms with van der Waals surface area (Å²) < 4.78 is 4.96. The molecule has 1 atom stereocenters. The molecule has 0 saturated heterocycles. The van der Waals surface area contributed by atoms with Crippen molar-refractivity contribution < 1.29 is 4.42 Å². The van der Waals surface area contributed by atoms with Gasteiger partial charge in [0, 0.05) is 23.0 Å². The van der Waals surface area contributed by atoms with Crippen LogP contribution in [0.5, 0.6) is 0 Å². The van der Waals surface area contributed by atoms with E-state index in [4.69, 9.17) is 15.9 Å². The minimum atomic E-state index is 0.117. The van der Waals surface area contributed by atoms with Gasteiger partial charge in [-0.2, -0.15) is 0 Å². The summed E-state index contributed by atoms with van der Waals surface area (Å²) in [7, 11) is 0. The Hall–Kier alpha value is -1.97. The Bertz CT molecular complexity index is 440. The zero-order valence-electron chi connectivity index (χ0n) is 8.47. The van der Waals surface area contributed by atoms with Crippen molar-refractivity contribution in [2.45, 2.75) is 13.0 Å². The van der Waals surface area contributed by atoms with Crippen LogP contribution in [0.15, 0.2) is 45.3 Å². The van der Waals surface area contributed by atoms with Crippen molar-refractivity contribution in [2.24, 2.45) is 16.5 Å². The number of dihydropyridines is 1. The third kappa shape index (κ3) is 1.79. The largest absolute Gasteiger partial charge is 0.472 e. The summed E-state index contributed by atoms with van der Waals surface area (Å²) >= 11 is 0. The lowest BCUT2D eigenvalue weighted by atomic mass is 10.0. The third-order valence-electron chi connectivity index (χ3n) is 2.29. The number of hydrogen-bond acceptors (Lipinski definition) is 4. The Kier molecular flexibility index (Phi) is 2.33. The first-order chi connectivity index (χ1) is 7.18. The standard InChI is InChI=1S/C11H13N3O/c1-7-4-10(12)9(5-14-7)11(13)8-2-3-15-6-8/h2-7H,12-13H2,1H3. The van der Waals surface area contributed by atoms with E-state index in [0.29, 0.717) is 11.4 Å². The van der Waals surface area contributed by atoms with Gasteiger partial charge in [-0.15, -0.1) is 0 Å². The van der Waals surface area contributed by atoms with Crippen molar-refractivity contribution in [3.63, 3.8) is 0 Å². The Morgan fingerprint density at radius 3 is 2.93 bits per heavy atom. The minimum Gasteiger partial charge on any atom is -0.472 e. The highest BCUT2D eigenvalue weighted by Gasteiger charge is 2.12. The molecule has 0 aliphatic carbocycles.